The van der Waals surface area contributed by atoms with Crippen LogP contribution < -0.4 is 0 Å². The maximum absolute atomic E-state index is 12.8. The minimum absolute atomic E-state index is 0.0278. The summed E-state index contributed by atoms with van der Waals surface area (Å²) in [5.74, 6) is 0.0278. The number of carbonyl (C=O) groups excluding carboxylic acids is 1. The van der Waals surface area contributed by atoms with E-state index in [-0.39, 0.29) is 11.9 Å². The molecule has 2 unspecified atom stereocenters. The van der Waals surface area contributed by atoms with Crippen molar-refractivity contribution in [3.05, 3.63) is 60.4 Å². The maximum atomic E-state index is 12.8. The maximum Gasteiger partial charge on any atom is 0.293 e. The molecule has 0 aliphatic rings. The van der Waals surface area contributed by atoms with Gasteiger partial charge in [-0.3, -0.25) is 9.78 Å². The first-order chi connectivity index (χ1) is 12.6. The molecule has 0 amide bonds. The standard InChI is InChI=1S/C20H19NO4S/c1-2-14(25-13-22)10-19-17-9-8-16(11-18(17)20(23)12-21-19)26(24)15-6-4-3-5-7-15/h3-9,11-14,23H,2,10H2,1H3. The third kappa shape index (κ3) is 3.75. The van der Waals surface area contributed by atoms with Crippen molar-refractivity contribution < 1.29 is 18.8 Å². The Balaban J connectivity index is 2.01. The lowest BCUT2D eigenvalue weighted by Gasteiger charge is -2.14. The number of carbonyl (C=O) groups is 1. The van der Waals surface area contributed by atoms with Crippen molar-refractivity contribution in [3.63, 3.8) is 0 Å². The van der Waals surface area contributed by atoms with E-state index in [2.05, 4.69) is 4.98 Å². The van der Waals surface area contributed by atoms with E-state index in [0.717, 1.165) is 11.1 Å². The van der Waals surface area contributed by atoms with E-state index in [0.29, 0.717) is 34.5 Å². The number of aromatic nitrogens is 1. The van der Waals surface area contributed by atoms with E-state index < -0.39 is 10.8 Å². The Bertz CT molecular complexity index is 943. The molecule has 1 aromatic heterocycles. The first kappa shape index (κ1) is 18.1. The summed E-state index contributed by atoms with van der Waals surface area (Å²) in [5.41, 5.74) is 0.726. The summed E-state index contributed by atoms with van der Waals surface area (Å²) in [6, 6.07) is 14.5. The number of ether oxygens (including phenoxy) is 1. The van der Waals surface area contributed by atoms with Crippen molar-refractivity contribution >= 4 is 28.0 Å². The largest absolute Gasteiger partial charge is 0.506 e. The zero-order valence-electron chi connectivity index (χ0n) is 14.3. The Morgan fingerprint density at radius 3 is 2.62 bits per heavy atom. The lowest BCUT2D eigenvalue weighted by molar-refractivity contribution is -0.133. The van der Waals surface area contributed by atoms with Crippen LogP contribution in [0.4, 0.5) is 0 Å². The Kier molecular flexibility index (Phi) is 5.63. The predicted octanol–water partition coefficient (Wildman–Crippen LogP) is 3.60. The summed E-state index contributed by atoms with van der Waals surface area (Å²) in [6.07, 6.45) is 2.22. The molecule has 3 rings (SSSR count). The summed E-state index contributed by atoms with van der Waals surface area (Å²) >= 11 is 0. The summed E-state index contributed by atoms with van der Waals surface area (Å²) in [5, 5.41) is 11.6. The number of hydrogen-bond donors (Lipinski definition) is 1. The van der Waals surface area contributed by atoms with Crippen molar-refractivity contribution in [2.24, 2.45) is 0 Å². The van der Waals surface area contributed by atoms with E-state index in [9.17, 15) is 14.1 Å². The van der Waals surface area contributed by atoms with Crippen LogP contribution in [0, 0.1) is 0 Å². The number of hydrogen-bond acceptors (Lipinski definition) is 5. The second-order valence-corrected chi connectivity index (χ2v) is 7.33. The Labute approximate surface area is 154 Å². The zero-order chi connectivity index (χ0) is 18.5. The fourth-order valence-electron chi connectivity index (χ4n) is 2.81. The zero-order valence-corrected chi connectivity index (χ0v) is 15.1. The average molecular weight is 369 g/mol. The van der Waals surface area contributed by atoms with Gasteiger partial charge < -0.3 is 9.84 Å². The van der Waals surface area contributed by atoms with Gasteiger partial charge in [0.1, 0.15) is 11.9 Å². The molecule has 26 heavy (non-hydrogen) atoms. The van der Waals surface area contributed by atoms with Gasteiger partial charge in [0.2, 0.25) is 0 Å². The van der Waals surface area contributed by atoms with Gasteiger partial charge in [-0.1, -0.05) is 31.2 Å². The van der Waals surface area contributed by atoms with Gasteiger partial charge in [-0.25, -0.2) is 4.21 Å². The summed E-state index contributed by atoms with van der Waals surface area (Å²) in [4.78, 5) is 16.2. The molecule has 0 saturated heterocycles. The van der Waals surface area contributed by atoms with Crippen molar-refractivity contribution in [2.45, 2.75) is 35.7 Å². The molecule has 0 spiro atoms. The number of pyridine rings is 1. The van der Waals surface area contributed by atoms with Gasteiger partial charge in [-0.2, -0.15) is 0 Å². The van der Waals surface area contributed by atoms with Crippen LogP contribution in [0.3, 0.4) is 0 Å². The highest BCUT2D eigenvalue weighted by Gasteiger charge is 2.15. The molecule has 0 bridgehead atoms. The number of nitrogens with zero attached hydrogens (tertiary/aromatic N) is 1. The van der Waals surface area contributed by atoms with E-state index in [1.54, 1.807) is 30.3 Å². The first-order valence-electron chi connectivity index (χ1n) is 8.30. The van der Waals surface area contributed by atoms with Gasteiger partial charge in [0.25, 0.3) is 6.47 Å². The van der Waals surface area contributed by atoms with Crippen LogP contribution in [0.25, 0.3) is 10.8 Å². The highest BCUT2D eigenvalue weighted by atomic mass is 32.2. The van der Waals surface area contributed by atoms with Gasteiger partial charge in [-0.15, -0.1) is 0 Å². The Hall–Kier alpha value is -2.73. The van der Waals surface area contributed by atoms with E-state index in [1.807, 2.05) is 25.1 Å². The van der Waals surface area contributed by atoms with Crippen molar-refractivity contribution in [3.8, 4) is 5.75 Å². The van der Waals surface area contributed by atoms with E-state index in [4.69, 9.17) is 4.74 Å². The molecule has 1 N–H and O–H groups in total. The topological polar surface area (TPSA) is 76.5 Å². The second kappa shape index (κ2) is 8.10. The van der Waals surface area contributed by atoms with E-state index in [1.165, 1.54) is 6.20 Å². The second-order valence-electron chi connectivity index (χ2n) is 5.85. The van der Waals surface area contributed by atoms with Crippen LogP contribution in [0.15, 0.2) is 64.5 Å². The molecule has 5 nitrogen and oxygen atoms in total. The molecule has 134 valence electrons. The third-order valence-electron chi connectivity index (χ3n) is 4.22. The quantitative estimate of drug-likeness (QED) is 0.644. The van der Waals surface area contributed by atoms with Gasteiger partial charge >= 0.3 is 0 Å². The lowest BCUT2D eigenvalue weighted by Crippen LogP contribution is -2.15. The highest BCUT2D eigenvalue weighted by Crippen LogP contribution is 2.30. The predicted molar refractivity (Wildman–Crippen MR) is 99.5 cm³/mol. The average Bonchev–Trinajstić information content (AvgIpc) is 2.69. The van der Waals surface area contributed by atoms with Crippen LogP contribution in [-0.2, 0) is 26.8 Å². The highest BCUT2D eigenvalue weighted by molar-refractivity contribution is 7.85. The van der Waals surface area contributed by atoms with Crippen molar-refractivity contribution in [2.75, 3.05) is 0 Å². The number of aromatic hydroxyl groups is 1. The first-order valence-corrected chi connectivity index (χ1v) is 9.45. The minimum atomic E-state index is -1.34. The van der Waals surface area contributed by atoms with Crippen LogP contribution in [-0.4, -0.2) is 26.9 Å². The molecular formula is C20H19NO4S. The van der Waals surface area contributed by atoms with Crippen LogP contribution in [0.1, 0.15) is 19.0 Å². The third-order valence-corrected chi connectivity index (χ3v) is 5.60. The molecule has 0 aliphatic heterocycles. The normalized spacial score (nSPS) is 13.3. The fraction of sp³-hybridized carbons (Fsp3) is 0.200. The SMILES string of the molecule is CCC(Cc1ncc(O)c2cc(S(=O)c3ccccc3)ccc12)OC=O. The van der Waals surface area contributed by atoms with E-state index >= 15 is 0 Å². The van der Waals surface area contributed by atoms with Crippen LogP contribution >= 0.6 is 0 Å². The molecule has 0 saturated carbocycles. The number of rotatable bonds is 7. The number of fused-ring (bicyclic) bond motifs is 1. The molecule has 2 aromatic carbocycles. The molecule has 0 radical (unpaired) electrons. The molecule has 1 heterocycles. The Morgan fingerprint density at radius 1 is 1.15 bits per heavy atom. The van der Waals surface area contributed by atoms with Gasteiger partial charge in [0.15, 0.2) is 0 Å². The van der Waals surface area contributed by atoms with Crippen LogP contribution in [0.2, 0.25) is 0 Å². The monoisotopic (exact) mass is 369 g/mol. The molecule has 3 aromatic rings. The van der Waals surface area contributed by atoms with Crippen molar-refractivity contribution in [1.29, 1.82) is 0 Å². The smallest absolute Gasteiger partial charge is 0.293 e. The molecule has 0 aliphatic carbocycles. The van der Waals surface area contributed by atoms with Gasteiger partial charge in [-0.05, 0) is 30.7 Å². The summed E-state index contributed by atoms with van der Waals surface area (Å²) in [6.45, 7) is 2.37. The lowest BCUT2D eigenvalue weighted by atomic mass is 10.0. The fourth-order valence-corrected chi connectivity index (χ4v) is 3.90. The molecule has 6 heteroatoms. The van der Waals surface area contributed by atoms with Gasteiger partial charge in [0.05, 0.1) is 22.7 Å². The molecule has 0 fully saturated rings. The van der Waals surface area contributed by atoms with Crippen LogP contribution in [0.5, 0.6) is 5.75 Å². The Morgan fingerprint density at radius 2 is 1.92 bits per heavy atom. The minimum Gasteiger partial charge on any atom is -0.506 e. The number of benzene rings is 2. The molecular weight excluding hydrogens is 350 g/mol. The van der Waals surface area contributed by atoms with Crippen molar-refractivity contribution in [1.82, 2.24) is 4.98 Å². The van der Waals surface area contributed by atoms with Gasteiger partial charge in [0, 0.05) is 27.0 Å². The molecule has 2 atom stereocenters. The summed E-state index contributed by atoms with van der Waals surface area (Å²) in [7, 11) is -1.34. The summed E-state index contributed by atoms with van der Waals surface area (Å²) < 4.78 is 17.8.